The summed E-state index contributed by atoms with van der Waals surface area (Å²) in [5, 5.41) is 6.17. The summed E-state index contributed by atoms with van der Waals surface area (Å²) in [6.45, 7) is 0. The zero-order valence-electron chi connectivity index (χ0n) is 30.0. The van der Waals surface area contributed by atoms with E-state index in [0.29, 0.717) is 17.1 Å². The van der Waals surface area contributed by atoms with E-state index < -0.39 is 5.41 Å². The van der Waals surface area contributed by atoms with Gasteiger partial charge in [-0.15, -0.1) is 0 Å². The highest BCUT2D eigenvalue weighted by Gasteiger charge is 2.52. The fraction of sp³-hybridized carbons (Fsp3) is 0.0192. The largest absolute Gasteiger partial charge is 0.456 e. The molecular formula is C52H29N3O. The van der Waals surface area contributed by atoms with E-state index in [2.05, 4.69) is 170 Å². The van der Waals surface area contributed by atoms with Gasteiger partial charge in [-0.1, -0.05) is 158 Å². The van der Waals surface area contributed by atoms with Crippen LogP contribution in [0.4, 0.5) is 0 Å². The summed E-state index contributed by atoms with van der Waals surface area (Å²) in [5.74, 6) is 0.631. The van der Waals surface area contributed by atoms with Crippen LogP contribution in [0.1, 0.15) is 22.3 Å². The van der Waals surface area contributed by atoms with Gasteiger partial charge in [0.1, 0.15) is 11.2 Å². The molecule has 2 aliphatic rings. The maximum absolute atomic E-state index is 6.92. The molecule has 1 spiro atoms. The van der Waals surface area contributed by atoms with E-state index in [1.54, 1.807) is 0 Å². The van der Waals surface area contributed by atoms with Gasteiger partial charge < -0.3 is 4.42 Å². The first kappa shape index (κ1) is 30.0. The van der Waals surface area contributed by atoms with Gasteiger partial charge in [0, 0.05) is 27.1 Å². The van der Waals surface area contributed by atoms with Gasteiger partial charge in [-0.05, 0) is 84.6 Å². The Balaban J connectivity index is 1.24. The minimum Gasteiger partial charge on any atom is -0.456 e. The molecule has 4 bridgehead atoms. The molecule has 258 valence electrons. The summed E-state index contributed by atoms with van der Waals surface area (Å²) in [7, 11) is 0. The van der Waals surface area contributed by atoms with Gasteiger partial charge in [0.15, 0.2) is 17.1 Å². The first-order chi connectivity index (χ1) is 27.8. The Morgan fingerprint density at radius 3 is 1.71 bits per heavy atom. The van der Waals surface area contributed by atoms with Gasteiger partial charge in [0.25, 0.3) is 0 Å². The van der Waals surface area contributed by atoms with E-state index in [1.807, 2.05) is 6.07 Å². The van der Waals surface area contributed by atoms with Crippen molar-refractivity contribution in [1.29, 1.82) is 0 Å². The van der Waals surface area contributed by atoms with Gasteiger partial charge in [0.05, 0.1) is 5.41 Å². The quantitative estimate of drug-likeness (QED) is 0.179. The summed E-state index contributed by atoms with van der Waals surface area (Å²) in [6, 6.07) is 63.1. The monoisotopic (exact) mass is 711 g/mol. The van der Waals surface area contributed by atoms with E-state index in [-0.39, 0.29) is 0 Å². The molecule has 0 radical (unpaired) electrons. The molecule has 4 nitrogen and oxygen atoms in total. The second-order valence-electron chi connectivity index (χ2n) is 15.0. The maximum atomic E-state index is 6.92. The standard InChI is InChI=1S/C52H29N3O/c1-2-12-30(13-3-1)31-22-24-32(25-23-31)49-53-50-37-17-5-4-14-34(37)33-26-27-44-39(28-33)47-45(56-44)29-43-46(48(47)51(54-49)55-50)38-18-8-11-21-42(38)52(43)40-19-9-6-15-35(40)36-16-7-10-20-41(36)52/h1-29H. The van der Waals surface area contributed by atoms with E-state index in [9.17, 15) is 0 Å². The minimum absolute atomic E-state index is 0.554. The Bertz CT molecular complexity index is 3430. The summed E-state index contributed by atoms with van der Waals surface area (Å²) in [4.78, 5) is 16.2. The Morgan fingerprint density at radius 1 is 0.375 bits per heavy atom. The number of hydrogen-bond donors (Lipinski definition) is 0. The predicted octanol–water partition coefficient (Wildman–Crippen LogP) is 12.9. The van der Waals surface area contributed by atoms with E-state index in [1.165, 1.54) is 44.5 Å². The molecule has 4 heteroatoms. The molecule has 3 heterocycles. The van der Waals surface area contributed by atoms with Crippen molar-refractivity contribution in [3.8, 4) is 44.8 Å². The molecule has 56 heavy (non-hydrogen) atoms. The maximum Gasteiger partial charge on any atom is 0.165 e. The smallest absolute Gasteiger partial charge is 0.165 e. The lowest BCUT2D eigenvalue weighted by Crippen LogP contribution is -2.25. The first-order valence-corrected chi connectivity index (χ1v) is 19.1. The van der Waals surface area contributed by atoms with Crippen LogP contribution in [0, 0.1) is 0 Å². The molecule has 2 aliphatic carbocycles. The van der Waals surface area contributed by atoms with Crippen molar-refractivity contribution in [2.24, 2.45) is 0 Å². The third-order valence-corrected chi connectivity index (χ3v) is 12.3. The van der Waals surface area contributed by atoms with Gasteiger partial charge >= 0.3 is 0 Å². The summed E-state index contributed by atoms with van der Waals surface area (Å²) in [6.07, 6.45) is 0. The SMILES string of the molecule is c1ccc(-c2ccc(-c3nc4nc(n3)c3c5c(cc6oc7ccc(cc7c63)c3ccccc43)C3(c4ccccc4-c4ccccc43)c3ccccc3-5)cc2)cc1. The molecule has 13 rings (SSSR count). The van der Waals surface area contributed by atoms with Gasteiger partial charge in [-0.3, -0.25) is 0 Å². The molecule has 0 saturated carbocycles. The van der Waals surface area contributed by atoms with Crippen LogP contribution in [-0.4, -0.2) is 15.0 Å². The number of furan rings is 1. The van der Waals surface area contributed by atoms with Crippen molar-refractivity contribution in [2.45, 2.75) is 5.41 Å². The average molecular weight is 712 g/mol. The van der Waals surface area contributed by atoms with Crippen molar-refractivity contribution in [1.82, 2.24) is 15.0 Å². The molecule has 0 atom stereocenters. The summed E-state index contributed by atoms with van der Waals surface area (Å²) >= 11 is 0. The average Bonchev–Trinajstić information content (AvgIpc) is 3.89. The Kier molecular flexibility index (Phi) is 5.80. The molecule has 0 N–H and O–H groups in total. The molecule has 0 amide bonds. The van der Waals surface area contributed by atoms with Crippen molar-refractivity contribution < 1.29 is 4.42 Å². The zero-order chi connectivity index (χ0) is 36.5. The van der Waals surface area contributed by atoms with Gasteiger partial charge in [-0.25, -0.2) is 15.0 Å². The molecule has 0 unspecified atom stereocenters. The zero-order valence-corrected chi connectivity index (χ0v) is 30.0. The van der Waals surface area contributed by atoms with Crippen LogP contribution in [0.2, 0.25) is 0 Å². The lowest BCUT2D eigenvalue weighted by atomic mass is 9.70. The Labute approximate surface area is 321 Å². The van der Waals surface area contributed by atoms with Gasteiger partial charge in [0.2, 0.25) is 0 Å². The number of aromatic nitrogens is 3. The van der Waals surface area contributed by atoms with Crippen LogP contribution in [-0.2, 0) is 5.41 Å². The summed E-state index contributed by atoms with van der Waals surface area (Å²) in [5.41, 5.74) is 15.5. The third kappa shape index (κ3) is 3.80. The number of fused-ring (bicyclic) bond motifs is 18. The van der Waals surface area contributed by atoms with E-state index in [0.717, 1.165) is 60.2 Å². The number of nitrogens with zero attached hydrogens (tertiary/aromatic N) is 3. The van der Waals surface area contributed by atoms with Crippen molar-refractivity contribution in [3.63, 3.8) is 0 Å². The number of hydrogen-bond acceptors (Lipinski definition) is 4. The Morgan fingerprint density at radius 2 is 0.964 bits per heavy atom. The topological polar surface area (TPSA) is 51.8 Å². The van der Waals surface area contributed by atoms with Crippen LogP contribution >= 0.6 is 0 Å². The van der Waals surface area contributed by atoms with Crippen LogP contribution in [0.5, 0.6) is 0 Å². The van der Waals surface area contributed by atoms with E-state index in [4.69, 9.17) is 19.4 Å². The second kappa shape index (κ2) is 10.8. The molecular weight excluding hydrogens is 683 g/mol. The molecule has 0 saturated heterocycles. The normalized spacial score (nSPS) is 13.5. The minimum atomic E-state index is -0.554. The molecule has 0 fully saturated rings. The van der Waals surface area contributed by atoms with Crippen molar-refractivity contribution >= 4 is 54.8 Å². The van der Waals surface area contributed by atoms with Crippen LogP contribution < -0.4 is 0 Å². The van der Waals surface area contributed by atoms with Crippen LogP contribution in [0.25, 0.3) is 99.5 Å². The van der Waals surface area contributed by atoms with E-state index >= 15 is 0 Å². The van der Waals surface area contributed by atoms with Gasteiger partial charge in [-0.2, -0.15) is 0 Å². The Hall–Kier alpha value is -7.43. The highest BCUT2D eigenvalue weighted by molar-refractivity contribution is 6.25. The number of benzene rings is 8. The fourth-order valence-electron chi connectivity index (χ4n) is 10.0. The molecule has 0 aliphatic heterocycles. The van der Waals surface area contributed by atoms with Crippen LogP contribution in [0.3, 0.4) is 0 Å². The highest BCUT2D eigenvalue weighted by atomic mass is 16.3. The number of rotatable bonds is 2. The molecule has 8 aromatic carbocycles. The van der Waals surface area contributed by atoms with Crippen LogP contribution in [0.15, 0.2) is 180 Å². The summed E-state index contributed by atoms with van der Waals surface area (Å²) < 4.78 is 6.92. The third-order valence-electron chi connectivity index (χ3n) is 12.3. The molecule has 3 aromatic heterocycles. The first-order valence-electron chi connectivity index (χ1n) is 19.1. The second-order valence-corrected chi connectivity index (χ2v) is 15.0. The fourth-order valence-corrected chi connectivity index (χ4v) is 10.0. The predicted molar refractivity (Wildman–Crippen MR) is 227 cm³/mol. The van der Waals surface area contributed by atoms with Crippen molar-refractivity contribution in [2.75, 3.05) is 0 Å². The molecule has 11 aromatic rings. The lowest BCUT2D eigenvalue weighted by molar-refractivity contribution is 0.667. The highest BCUT2D eigenvalue weighted by Crippen LogP contribution is 2.64. The lowest BCUT2D eigenvalue weighted by Gasteiger charge is -2.30. The van der Waals surface area contributed by atoms with Crippen molar-refractivity contribution in [3.05, 3.63) is 198 Å².